The summed E-state index contributed by atoms with van der Waals surface area (Å²) in [7, 11) is 6.24. The van der Waals surface area contributed by atoms with Crippen LogP contribution >= 0.6 is 0 Å². The molecule has 4 rings (SSSR count). The number of likely N-dealkylation sites (N-methyl/N-ethyl adjacent to an activating group) is 1. The molecule has 0 unspecified atom stereocenters. The Kier molecular flexibility index (Phi) is 5.62. The summed E-state index contributed by atoms with van der Waals surface area (Å²) in [5.41, 5.74) is 4.16. The molecule has 2 aromatic carbocycles. The molecule has 3 aromatic rings. The number of anilines is 4. The van der Waals surface area contributed by atoms with E-state index < -0.39 is 0 Å². The third-order valence-corrected chi connectivity index (χ3v) is 5.25. The number of benzene rings is 2. The van der Waals surface area contributed by atoms with Gasteiger partial charge in [0.2, 0.25) is 5.95 Å². The van der Waals surface area contributed by atoms with Crippen LogP contribution < -0.4 is 15.1 Å². The molecule has 0 atom stereocenters. The second-order valence-electron chi connectivity index (χ2n) is 7.66. The highest BCUT2D eigenvalue weighted by atomic mass is 15.3. The van der Waals surface area contributed by atoms with Crippen LogP contribution in [0.4, 0.5) is 23.1 Å². The van der Waals surface area contributed by atoms with Crippen molar-refractivity contribution in [3.05, 3.63) is 60.7 Å². The minimum Gasteiger partial charge on any atom is -0.378 e. The Morgan fingerprint density at radius 3 is 2.21 bits per heavy atom. The van der Waals surface area contributed by atoms with Gasteiger partial charge in [-0.2, -0.15) is 4.98 Å². The second kappa shape index (κ2) is 8.49. The lowest BCUT2D eigenvalue weighted by Gasteiger charge is -2.33. The van der Waals surface area contributed by atoms with Gasteiger partial charge in [-0.15, -0.1) is 0 Å². The fraction of sp³-hybridized carbons (Fsp3) is 0.304. The number of nitrogens with one attached hydrogen (secondary N) is 1. The molecule has 1 fully saturated rings. The summed E-state index contributed by atoms with van der Waals surface area (Å²) in [4.78, 5) is 16.4. The third kappa shape index (κ3) is 4.66. The van der Waals surface area contributed by atoms with Gasteiger partial charge in [0, 0.05) is 63.3 Å². The van der Waals surface area contributed by atoms with Gasteiger partial charge in [-0.1, -0.05) is 30.3 Å². The molecular weight excluding hydrogens is 360 g/mol. The zero-order valence-electron chi connectivity index (χ0n) is 17.3. The maximum Gasteiger partial charge on any atom is 0.229 e. The fourth-order valence-corrected chi connectivity index (χ4v) is 3.42. The summed E-state index contributed by atoms with van der Waals surface area (Å²) in [6.45, 7) is 4.02. The molecule has 1 saturated heterocycles. The van der Waals surface area contributed by atoms with E-state index in [0.717, 1.165) is 54.6 Å². The van der Waals surface area contributed by atoms with Crippen LogP contribution in [0.3, 0.4) is 0 Å². The lowest BCUT2D eigenvalue weighted by molar-refractivity contribution is 0.312. The zero-order chi connectivity index (χ0) is 20.2. The summed E-state index contributed by atoms with van der Waals surface area (Å²) in [5.74, 6) is 1.59. The average Bonchev–Trinajstić information content (AvgIpc) is 2.75. The van der Waals surface area contributed by atoms with Crippen molar-refractivity contribution in [1.82, 2.24) is 14.9 Å². The fourth-order valence-electron chi connectivity index (χ4n) is 3.42. The first kappa shape index (κ1) is 19.2. The molecule has 2 heterocycles. The first-order chi connectivity index (χ1) is 14.1. The Hall–Kier alpha value is -3.12. The normalized spacial score (nSPS) is 14.7. The lowest BCUT2D eigenvalue weighted by Crippen LogP contribution is -2.44. The first-order valence-electron chi connectivity index (χ1n) is 10.0. The highest BCUT2D eigenvalue weighted by molar-refractivity contribution is 5.67. The van der Waals surface area contributed by atoms with E-state index in [2.05, 4.69) is 69.5 Å². The van der Waals surface area contributed by atoms with E-state index in [1.165, 1.54) is 0 Å². The van der Waals surface area contributed by atoms with E-state index in [9.17, 15) is 0 Å². The van der Waals surface area contributed by atoms with Crippen LogP contribution in [0.15, 0.2) is 60.7 Å². The summed E-state index contributed by atoms with van der Waals surface area (Å²) in [6.07, 6.45) is 0. The second-order valence-corrected chi connectivity index (χ2v) is 7.66. The van der Waals surface area contributed by atoms with E-state index in [4.69, 9.17) is 9.97 Å². The van der Waals surface area contributed by atoms with E-state index in [-0.39, 0.29) is 0 Å². The van der Waals surface area contributed by atoms with Crippen molar-refractivity contribution in [3.63, 3.8) is 0 Å². The van der Waals surface area contributed by atoms with Gasteiger partial charge in [0.15, 0.2) is 0 Å². The molecule has 1 aliphatic rings. The maximum atomic E-state index is 4.84. The molecule has 1 N–H and O–H groups in total. The highest BCUT2D eigenvalue weighted by Crippen LogP contribution is 2.26. The SMILES string of the molecule is CN1CCN(c2cc(-c3ccccc3)nc(Nc3ccc(N(C)C)cc3)n2)CC1. The smallest absolute Gasteiger partial charge is 0.229 e. The standard InChI is InChI=1S/C23H28N6/c1-27(2)20-11-9-19(10-12-20)24-23-25-21(18-7-5-4-6-8-18)17-22(26-23)29-15-13-28(3)14-16-29/h4-12,17H,13-16H2,1-3H3,(H,24,25,26). The summed E-state index contributed by atoms with van der Waals surface area (Å²) >= 11 is 0. The molecule has 6 nitrogen and oxygen atoms in total. The number of rotatable bonds is 5. The Morgan fingerprint density at radius 1 is 0.862 bits per heavy atom. The molecule has 6 heteroatoms. The summed E-state index contributed by atoms with van der Waals surface area (Å²) in [6, 6.07) is 20.7. The molecule has 0 bridgehead atoms. The van der Waals surface area contributed by atoms with Crippen molar-refractivity contribution in [1.29, 1.82) is 0 Å². The minimum absolute atomic E-state index is 0.623. The molecule has 0 spiro atoms. The zero-order valence-corrected chi connectivity index (χ0v) is 17.3. The van der Waals surface area contributed by atoms with Crippen LogP contribution in [-0.2, 0) is 0 Å². The van der Waals surface area contributed by atoms with E-state index in [0.29, 0.717) is 5.95 Å². The van der Waals surface area contributed by atoms with Crippen LogP contribution in [0, 0.1) is 0 Å². The van der Waals surface area contributed by atoms with Gasteiger partial charge in [-0.25, -0.2) is 4.98 Å². The molecule has 0 saturated carbocycles. The number of hydrogen-bond donors (Lipinski definition) is 1. The molecule has 0 radical (unpaired) electrons. The maximum absolute atomic E-state index is 4.84. The van der Waals surface area contributed by atoms with E-state index in [1.54, 1.807) is 0 Å². The topological polar surface area (TPSA) is 47.5 Å². The summed E-state index contributed by atoms with van der Waals surface area (Å²) < 4.78 is 0. The van der Waals surface area contributed by atoms with Gasteiger partial charge in [-0.05, 0) is 31.3 Å². The van der Waals surface area contributed by atoms with Gasteiger partial charge < -0.3 is 20.0 Å². The Bertz CT molecular complexity index is 931. The Labute approximate surface area is 172 Å². The van der Waals surface area contributed by atoms with Crippen molar-refractivity contribution in [2.75, 3.05) is 62.4 Å². The number of hydrogen-bond acceptors (Lipinski definition) is 6. The minimum atomic E-state index is 0.623. The van der Waals surface area contributed by atoms with Crippen molar-refractivity contribution < 1.29 is 0 Å². The monoisotopic (exact) mass is 388 g/mol. The predicted octanol–water partition coefficient (Wildman–Crippen LogP) is 3.71. The van der Waals surface area contributed by atoms with Crippen LogP contribution in [0.2, 0.25) is 0 Å². The molecule has 29 heavy (non-hydrogen) atoms. The molecule has 150 valence electrons. The number of aromatic nitrogens is 2. The van der Waals surface area contributed by atoms with Crippen molar-refractivity contribution >= 4 is 23.1 Å². The lowest BCUT2D eigenvalue weighted by atomic mass is 10.1. The molecular formula is C23H28N6. The van der Waals surface area contributed by atoms with Gasteiger partial charge in [0.1, 0.15) is 5.82 Å². The van der Waals surface area contributed by atoms with Crippen molar-refractivity contribution in [2.24, 2.45) is 0 Å². The van der Waals surface area contributed by atoms with Crippen LogP contribution in [-0.4, -0.2) is 62.2 Å². The third-order valence-electron chi connectivity index (χ3n) is 5.25. The van der Waals surface area contributed by atoms with Crippen LogP contribution in [0.5, 0.6) is 0 Å². The molecule has 0 amide bonds. The quantitative estimate of drug-likeness (QED) is 0.719. The largest absolute Gasteiger partial charge is 0.378 e. The van der Waals surface area contributed by atoms with Crippen LogP contribution in [0.1, 0.15) is 0 Å². The Morgan fingerprint density at radius 2 is 1.55 bits per heavy atom. The predicted molar refractivity (Wildman–Crippen MR) is 121 cm³/mol. The molecule has 1 aromatic heterocycles. The molecule has 1 aliphatic heterocycles. The summed E-state index contributed by atoms with van der Waals surface area (Å²) in [5, 5.41) is 3.39. The highest BCUT2D eigenvalue weighted by Gasteiger charge is 2.17. The number of piperazine rings is 1. The Balaban J connectivity index is 1.65. The number of nitrogens with zero attached hydrogens (tertiary/aromatic N) is 5. The van der Waals surface area contributed by atoms with Crippen molar-refractivity contribution in [3.8, 4) is 11.3 Å². The molecule has 0 aliphatic carbocycles. The van der Waals surface area contributed by atoms with E-state index in [1.807, 2.05) is 32.3 Å². The van der Waals surface area contributed by atoms with Crippen LogP contribution in [0.25, 0.3) is 11.3 Å². The van der Waals surface area contributed by atoms with E-state index >= 15 is 0 Å². The van der Waals surface area contributed by atoms with Gasteiger partial charge in [0.05, 0.1) is 5.69 Å². The van der Waals surface area contributed by atoms with Gasteiger partial charge in [-0.3, -0.25) is 0 Å². The van der Waals surface area contributed by atoms with Gasteiger partial charge >= 0.3 is 0 Å². The first-order valence-corrected chi connectivity index (χ1v) is 10.0. The van der Waals surface area contributed by atoms with Crippen molar-refractivity contribution in [2.45, 2.75) is 0 Å². The average molecular weight is 389 g/mol. The van der Waals surface area contributed by atoms with Gasteiger partial charge in [0.25, 0.3) is 0 Å².